The average Bonchev–Trinajstić information content (AvgIpc) is 2.71. The van der Waals surface area contributed by atoms with E-state index in [4.69, 9.17) is 4.74 Å². The van der Waals surface area contributed by atoms with Crippen molar-refractivity contribution in [2.24, 2.45) is 5.92 Å². The predicted octanol–water partition coefficient (Wildman–Crippen LogP) is 1.76. The lowest BCUT2D eigenvalue weighted by Gasteiger charge is -2.30. The lowest BCUT2D eigenvalue weighted by molar-refractivity contribution is -0.126. The molecule has 2 N–H and O–H groups in total. The molecular formula is C21H31N3O4. The van der Waals surface area contributed by atoms with Crippen LogP contribution in [0, 0.1) is 5.92 Å². The van der Waals surface area contributed by atoms with E-state index in [2.05, 4.69) is 10.6 Å². The molecule has 0 aliphatic carbocycles. The first kappa shape index (κ1) is 21.9. The van der Waals surface area contributed by atoms with Crippen LogP contribution in [0.3, 0.4) is 0 Å². The van der Waals surface area contributed by atoms with E-state index < -0.39 is 12.1 Å². The highest BCUT2D eigenvalue weighted by atomic mass is 16.5. The number of aryl methyl sites for hydroxylation is 1. The zero-order valence-electron chi connectivity index (χ0n) is 16.7. The molecule has 2 atom stereocenters. The zero-order valence-corrected chi connectivity index (χ0v) is 16.7. The number of aldehydes is 1. The van der Waals surface area contributed by atoms with Gasteiger partial charge >= 0.3 is 6.03 Å². The lowest BCUT2D eigenvalue weighted by Crippen LogP contribution is -2.55. The highest BCUT2D eigenvalue weighted by molar-refractivity contribution is 5.88. The Morgan fingerprint density at radius 1 is 1.14 bits per heavy atom. The van der Waals surface area contributed by atoms with E-state index in [0.29, 0.717) is 45.6 Å². The van der Waals surface area contributed by atoms with Gasteiger partial charge in [0.25, 0.3) is 0 Å². The Morgan fingerprint density at radius 2 is 1.82 bits per heavy atom. The van der Waals surface area contributed by atoms with Crippen LogP contribution >= 0.6 is 0 Å². The monoisotopic (exact) mass is 389 g/mol. The van der Waals surface area contributed by atoms with Crippen LogP contribution in [0.15, 0.2) is 30.3 Å². The Kier molecular flexibility index (Phi) is 8.94. The summed E-state index contributed by atoms with van der Waals surface area (Å²) < 4.78 is 5.26. The molecule has 0 spiro atoms. The zero-order chi connectivity index (χ0) is 20.4. The Balaban J connectivity index is 1.92. The number of morpholine rings is 1. The topological polar surface area (TPSA) is 87.7 Å². The number of rotatable bonds is 9. The first-order valence-corrected chi connectivity index (χ1v) is 9.92. The van der Waals surface area contributed by atoms with E-state index in [1.54, 1.807) is 4.90 Å². The van der Waals surface area contributed by atoms with Gasteiger partial charge in [-0.05, 0) is 30.7 Å². The average molecular weight is 389 g/mol. The molecule has 0 aromatic heterocycles. The minimum absolute atomic E-state index is 0.222. The van der Waals surface area contributed by atoms with E-state index in [0.717, 1.165) is 11.8 Å². The smallest absolute Gasteiger partial charge is 0.318 e. The molecule has 1 saturated heterocycles. The number of amides is 3. The molecule has 28 heavy (non-hydrogen) atoms. The summed E-state index contributed by atoms with van der Waals surface area (Å²) in [5.74, 6) is -0.0970. The maximum atomic E-state index is 12.7. The van der Waals surface area contributed by atoms with Crippen molar-refractivity contribution >= 4 is 18.2 Å². The summed E-state index contributed by atoms with van der Waals surface area (Å²) in [6.07, 6.45) is 2.48. The molecule has 7 heteroatoms. The molecule has 1 heterocycles. The van der Waals surface area contributed by atoms with Gasteiger partial charge in [-0.3, -0.25) is 4.79 Å². The van der Waals surface area contributed by atoms with E-state index >= 15 is 0 Å². The molecule has 7 nitrogen and oxygen atoms in total. The summed E-state index contributed by atoms with van der Waals surface area (Å²) in [4.78, 5) is 38.3. The number of hydrogen-bond donors (Lipinski definition) is 2. The second-order valence-electron chi connectivity index (χ2n) is 7.51. The molecular weight excluding hydrogens is 358 g/mol. The largest absolute Gasteiger partial charge is 0.378 e. The van der Waals surface area contributed by atoms with Crippen LogP contribution in [-0.4, -0.2) is 61.5 Å². The summed E-state index contributed by atoms with van der Waals surface area (Å²) in [6, 6.07) is 8.30. The third-order valence-corrected chi connectivity index (χ3v) is 4.70. The minimum Gasteiger partial charge on any atom is -0.378 e. The first-order chi connectivity index (χ1) is 13.5. The van der Waals surface area contributed by atoms with Crippen LogP contribution in [0.5, 0.6) is 0 Å². The van der Waals surface area contributed by atoms with Gasteiger partial charge in [-0.1, -0.05) is 44.2 Å². The molecule has 2 rings (SSSR count). The summed E-state index contributed by atoms with van der Waals surface area (Å²) in [7, 11) is 0. The van der Waals surface area contributed by atoms with E-state index in [1.807, 2.05) is 44.2 Å². The van der Waals surface area contributed by atoms with Crippen molar-refractivity contribution in [3.8, 4) is 0 Å². The van der Waals surface area contributed by atoms with Gasteiger partial charge in [0.1, 0.15) is 12.3 Å². The third kappa shape index (κ3) is 7.31. The quantitative estimate of drug-likeness (QED) is 0.630. The van der Waals surface area contributed by atoms with Crippen molar-refractivity contribution in [1.82, 2.24) is 15.5 Å². The number of carbonyl (C=O) groups excluding carboxylic acids is 3. The Morgan fingerprint density at radius 3 is 2.43 bits per heavy atom. The van der Waals surface area contributed by atoms with Gasteiger partial charge in [0, 0.05) is 13.1 Å². The van der Waals surface area contributed by atoms with Crippen LogP contribution in [0.4, 0.5) is 4.79 Å². The number of carbonyl (C=O) groups is 3. The minimum atomic E-state index is -0.672. The number of nitrogens with one attached hydrogen (secondary N) is 2. The van der Waals surface area contributed by atoms with Crippen LogP contribution in [0.1, 0.15) is 32.3 Å². The fourth-order valence-corrected chi connectivity index (χ4v) is 3.13. The highest BCUT2D eigenvalue weighted by Crippen LogP contribution is 2.09. The number of ether oxygens (including phenoxy) is 1. The molecule has 1 aromatic rings. The standard InChI is InChI=1S/C21H31N3O4/c1-16(2)14-19(23-21(27)24-10-12-28-13-11-24)20(26)22-18(15-25)9-8-17-6-4-3-5-7-17/h3-7,15-16,18-19H,8-14H2,1-2H3,(H,22,26)(H,23,27). The van der Waals surface area contributed by atoms with Gasteiger partial charge in [0.15, 0.2) is 0 Å². The van der Waals surface area contributed by atoms with Crippen LogP contribution in [-0.2, 0) is 20.7 Å². The maximum absolute atomic E-state index is 12.7. The number of benzene rings is 1. The predicted molar refractivity (Wildman–Crippen MR) is 107 cm³/mol. The summed E-state index contributed by atoms with van der Waals surface area (Å²) >= 11 is 0. The highest BCUT2D eigenvalue weighted by Gasteiger charge is 2.26. The van der Waals surface area contributed by atoms with Gasteiger partial charge in [0.05, 0.1) is 19.3 Å². The maximum Gasteiger partial charge on any atom is 0.318 e. The molecule has 1 fully saturated rings. The normalized spacial score (nSPS) is 16.3. The van der Waals surface area contributed by atoms with Gasteiger partial charge in [0.2, 0.25) is 5.91 Å². The number of nitrogens with zero attached hydrogens (tertiary/aromatic N) is 1. The fourth-order valence-electron chi connectivity index (χ4n) is 3.13. The molecule has 0 radical (unpaired) electrons. The Hall–Kier alpha value is -2.41. The number of hydrogen-bond acceptors (Lipinski definition) is 4. The van der Waals surface area contributed by atoms with Crippen molar-refractivity contribution in [1.29, 1.82) is 0 Å². The molecule has 1 aliphatic rings. The molecule has 0 saturated carbocycles. The summed E-state index contributed by atoms with van der Waals surface area (Å²) in [6.45, 7) is 6.01. The van der Waals surface area contributed by atoms with E-state index in [1.165, 1.54) is 0 Å². The first-order valence-electron chi connectivity index (χ1n) is 9.92. The Labute approximate surface area is 166 Å². The molecule has 2 unspecified atom stereocenters. The van der Waals surface area contributed by atoms with E-state index in [9.17, 15) is 14.4 Å². The third-order valence-electron chi connectivity index (χ3n) is 4.70. The molecule has 1 aromatic carbocycles. The molecule has 154 valence electrons. The fraction of sp³-hybridized carbons (Fsp3) is 0.571. The molecule has 1 aliphatic heterocycles. The van der Waals surface area contributed by atoms with Crippen molar-refractivity contribution in [2.45, 2.75) is 45.2 Å². The summed E-state index contributed by atoms with van der Waals surface area (Å²) in [5, 5.41) is 5.61. The van der Waals surface area contributed by atoms with E-state index in [-0.39, 0.29) is 17.9 Å². The van der Waals surface area contributed by atoms with Gasteiger partial charge in [-0.2, -0.15) is 0 Å². The summed E-state index contributed by atoms with van der Waals surface area (Å²) in [5.41, 5.74) is 1.11. The van der Waals surface area contributed by atoms with Gasteiger partial charge in [-0.15, -0.1) is 0 Å². The SMILES string of the molecule is CC(C)CC(NC(=O)N1CCOCC1)C(=O)NC(C=O)CCc1ccccc1. The van der Waals surface area contributed by atoms with Gasteiger partial charge in [-0.25, -0.2) is 4.79 Å². The lowest BCUT2D eigenvalue weighted by atomic mass is 10.0. The number of urea groups is 1. The van der Waals surface area contributed by atoms with Crippen molar-refractivity contribution < 1.29 is 19.1 Å². The second kappa shape index (κ2) is 11.4. The Bertz CT molecular complexity index is 630. The van der Waals surface area contributed by atoms with Crippen LogP contribution in [0.25, 0.3) is 0 Å². The van der Waals surface area contributed by atoms with Crippen LogP contribution in [0.2, 0.25) is 0 Å². The van der Waals surface area contributed by atoms with Crippen molar-refractivity contribution in [3.63, 3.8) is 0 Å². The molecule has 0 bridgehead atoms. The van der Waals surface area contributed by atoms with Crippen molar-refractivity contribution in [2.75, 3.05) is 26.3 Å². The van der Waals surface area contributed by atoms with Gasteiger partial charge < -0.3 is 25.1 Å². The second-order valence-corrected chi connectivity index (χ2v) is 7.51. The molecule has 3 amide bonds. The van der Waals surface area contributed by atoms with Crippen LogP contribution < -0.4 is 10.6 Å². The van der Waals surface area contributed by atoms with Crippen molar-refractivity contribution in [3.05, 3.63) is 35.9 Å².